The van der Waals surface area contributed by atoms with Crippen molar-refractivity contribution in [1.29, 1.82) is 0 Å². The van der Waals surface area contributed by atoms with E-state index in [1.165, 1.54) is 23.9 Å². The zero-order valence-electron chi connectivity index (χ0n) is 19.2. The number of rotatable bonds is 8. The lowest BCUT2D eigenvalue weighted by molar-refractivity contribution is -0.117. The van der Waals surface area contributed by atoms with Crippen LogP contribution in [0.3, 0.4) is 0 Å². The highest BCUT2D eigenvalue weighted by Gasteiger charge is 2.26. The summed E-state index contributed by atoms with van der Waals surface area (Å²) >= 11 is 1.48. The van der Waals surface area contributed by atoms with Gasteiger partial charge in [0.2, 0.25) is 5.91 Å². The number of benzene rings is 4. The predicted molar refractivity (Wildman–Crippen MR) is 141 cm³/mol. The minimum atomic E-state index is -0.567. The second-order valence-electron chi connectivity index (χ2n) is 7.82. The monoisotopic (exact) mass is 484 g/mol. The summed E-state index contributed by atoms with van der Waals surface area (Å²) in [4.78, 5) is 28.7. The molecule has 6 heteroatoms. The molecule has 4 aromatic carbocycles. The largest absolute Gasteiger partial charge is 0.322 e. The highest BCUT2D eigenvalue weighted by Crippen LogP contribution is 2.33. The zero-order valence-corrected chi connectivity index (χ0v) is 20.0. The van der Waals surface area contributed by atoms with Crippen LogP contribution in [-0.4, -0.2) is 17.1 Å². The van der Waals surface area contributed by atoms with Crippen LogP contribution < -0.4 is 10.2 Å². The number of nitrogens with one attached hydrogen (secondary N) is 1. The minimum absolute atomic E-state index is 0.00756. The van der Waals surface area contributed by atoms with Crippen molar-refractivity contribution in [2.45, 2.75) is 23.5 Å². The van der Waals surface area contributed by atoms with Crippen LogP contribution in [-0.2, 0) is 4.79 Å². The number of hydrogen-bond acceptors (Lipinski definition) is 3. The second kappa shape index (κ2) is 11.5. The Balaban J connectivity index is 1.49. The first kappa shape index (κ1) is 24.2. The fourth-order valence-corrected chi connectivity index (χ4v) is 4.63. The highest BCUT2D eigenvalue weighted by molar-refractivity contribution is 8.00. The standard InChI is InChI=1S/C29H25FN2O2S/c1-2-27(29(34)32(22-11-5-3-6-12-22)23-13-7-4-8-14-23)35-24-19-17-21(18-20-24)31-28(33)25-15-9-10-16-26(25)30/h3-20,27H,2H2,1H3,(H,31,33). The number of nitrogens with zero attached hydrogens (tertiary/aromatic N) is 1. The topological polar surface area (TPSA) is 49.4 Å². The number of carbonyl (C=O) groups is 2. The molecule has 0 saturated heterocycles. The lowest BCUT2D eigenvalue weighted by Gasteiger charge is -2.27. The third-order valence-corrected chi connectivity index (χ3v) is 6.77. The van der Waals surface area contributed by atoms with Gasteiger partial charge in [-0.3, -0.25) is 14.5 Å². The van der Waals surface area contributed by atoms with Crippen molar-refractivity contribution in [3.63, 3.8) is 0 Å². The third kappa shape index (κ3) is 5.97. The number of thioether (sulfide) groups is 1. The summed E-state index contributed by atoms with van der Waals surface area (Å²) in [6, 6.07) is 32.3. The van der Waals surface area contributed by atoms with Gasteiger partial charge in [-0.2, -0.15) is 0 Å². The predicted octanol–water partition coefficient (Wildman–Crippen LogP) is 7.31. The molecule has 4 rings (SSSR count). The Labute approximate surface area is 208 Å². The van der Waals surface area contributed by atoms with E-state index in [1.807, 2.05) is 79.7 Å². The number of para-hydroxylation sites is 2. The molecule has 2 amide bonds. The first-order valence-electron chi connectivity index (χ1n) is 11.3. The van der Waals surface area contributed by atoms with Gasteiger partial charge in [0.05, 0.1) is 10.8 Å². The molecule has 0 aromatic heterocycles. The van der Waals surface area contributed by atoms with Gasteiger partial charge in [0.1, 0.15) is 5.82 Å². The van der Waals surface area contributed by atoms with Gasteiger partial charge >= 0.3 is 0 Å². The van der Waals surface area contributed by atoms with E-state index in [2.05, 4.69) is 5.32 Å². The van der Waals surface area contributed by atoms with Gasteiger partial charge in [-0.15, -0.1) is 11.8 Å². The van der Waals surface area contributed by atoms with Crippen molar-refractivity contribution in [2.24, 2.45) is 0 Å². The molecule has 0 aliphatic carbocycles. The van der Waals surface area contributed by atoms with E-state index in [-0.39, 0.29) is 16.7 Å². The van der Waals surface area contributed by atoms with Crippen molar-refractivity contribution in [1.82, 2.24) is 0 Å². The molecule has 0 aliphatic heterocycles. The molecule has 1 N–H and O–H groups in total. The van der Waals surface area contributed by atoms with E-state index < -0.39 is 11.7 Å². The van der Waals surface area contributed by atoms with Gasteiger partial charge in [-0.1, -0.05) is 55.5 Å². The molecule has 4 nitrogen and oxygen atoms in total. The van der Waals surface area contributed by atoms with E-state index in [0.717, 1.165) is 16.3 Å². The smallest absolute Gasteiger partial charge is 0.258 e. The van der Waals surface area contributed by atoms with Crippen LogP contribution in [0, 0.1) is 5.82 Å². The molecule has 0 aliphatic rings. The molecule has 0 saturated carbocycles. The van der Waals surface area contributed by atoms with Gasteiger partial charge < -0.3 is 5.32 Å². The molecule has 1 unspecified atom stereocenters. The van der Waals surface area contributed by atoms with Gasteiger partial charge in [0, 0.05) is 22.0 Å². The maximum atomic E-state index is 13.9. The Bertz CT molecular complexity index is 1240. The summed E-state index contributed by atoms with van der Waals surface area (Å²) in [5.74, 6) is -1.08. The first-order valence-corrected chi connectivity index (χ1v) is 12.2. The number of anilines is 3. The van der Waals surface area contributed by atoms with E-state index in [1.54, 1.807) is 29.2 Å². The fraction of sp³-hybridized carbons (Fsp3) is 0.103. The van der Waals surface area contributed by atoms with Crippen molar-refractivity contribution in [3.05, 3.63) is 121 Å². The zero-order chi connectivity index (χ0) is 24.6. The van der Waals surface area contributed by atoms with Crippen LogP contribution in [0.1, 0.15) is 23.7 Å². The average Bonchev–Trinajstić information content (AvgIpc) is 2.90. The summed E-state index contributed by atoms with van der Waals surface area (Å²) in [6.07, 6.45) is 0.644. The SMILES string of the molecule is CCC(Sc1ccc(NC(=O)c2ccccc2F)cc1)C(=O)N(c1ccccc1)c1ccccc1. The van der Waals surface area contributed by atoms with Crippen LogP contribution in [0.15, 0.2) is 114 Å². The molecular formula is C29H25FN2O2S. The van der Waals surface area contributed by atoms with E-state index in [4.69, 9.17) is 0 Å². The maximum Gasteiger partial charge on any atom is 0.258 e. The summed E-state index contributed by atoms with van der Waals surface area (Å²) < 4.78 is 13.9. The van der Waals surface area contributed by atoms with Crippen molar-refractivity contribution >= 4 is 40.6 Å². The van der Waals surface area contributed by atoms with Crippen LogP contribution in [0.25, 0.3) is 0 Å². The van der Waals surface area contributed by atoms with E-state index in [0.29, 0.717) is 12.1 Å². The van der Waals surface area contributed by atoms with E-state index in [9.17, 15) is 14.0 Å². The Morgan fingerprint density at radius 1 is 0.800 bits per heavy atom. The van der Waals surface area contributed by atoms with Gasteiger partial charge in [-0.05, 0) is 67.1 Å². The Hall–Kier alpha value is -3.90. The molecule has 4 aromatic rings. The summed E-state index contributed by atoms with van der Waals surface area (Å²) in [5.41, 5.74) is 2.17. The Morgan fingerprint density at radius 3 is 1.89 bits per heavy atom. The van der Waals surface area contributed by atoms with E-state index >= 15 is 0 Å². The van der Waals surface area contributed by atoms with Gasteiger partial charge in [0.15, 0.2) is 0 Å². The van der Waals surface area contributed by atoms with Crippen molar-refractivity contribution in [2.75, 3.05) is 10.2 Å². The molecule has 0 bridgehead atoms. The van der Waals surface area contributed by atoms with Crippen LogP contribution in [0.4, 0.5) is 21.5 Å². The molecular weight excluding hydrogens is 459 g/mol. The lowest BCUT2D eigenvalue weighted by atomic mass is 10.2. The quantitative estimate of drug-likeness (QED) is 0.267. The summed E-state index contributed by atoms with van der Waals surface area (Å²) in [6.45, 7) is 1.99. The number of amides is 2. The van der Waals surface area contributed by atoms with Gasteiger partial charge in [-0.25, -0.2) is 4.39 Å². The maximum absolute atomic E-state index is 13.9. The summed E-state index contributed by atoms with van der Waals surface area (Å²) in [5, 5.41) is 2.40. The number of halogens is 1. The van der Waals surface area contributed by atoms with Crippen molar-refractivity contribution in [3.8, 4) is 0 Å². The highest BCUT2D eigenvalue weighted by atomic mass is 32.2. The molecule has 0 fully saturated rings. The first-order chi connectivity index (χ1) is 17.1. The van der Waals surface area contributed by atoms with Crippen LogP contribution in [0.5, 0.6) is 0 Å². The van der Waals surface area contributed by atoms with Crippen LogP contribution in [0.2, 0.25) is 0 Å². The molecule has 1 atom stereocenters. The molecule has 0 radical (unpaired) electrons. The Kier molecular flexibility index (Phi) is 7.95. The van der Waals surface area contributed by atoms with Crippen LogP contribution >= 0.6 is 11.8 Å². The molecule has 176 valence electrons. The molecule has 35 heavy (non-hydrogen) atoms. The molecule has 0 spiro atoms. The van der Waals surface area contributed by atoms with Crippen molar-refractivity contribution < 1.29 is 14.0 Å². The molecule has 0 heterocycles. The summed E-state index contributed by atoms with van der Waals surface area (Å²) in [7, 11) is 0. The lowest BCUT2D eigenvalue weighted by Crippen LogP contribution is -2.34. The normalized spacial score (nSPS) is 11.5. The average molecular weight is 485 g/mol. The fourth-order valence-electron chi connectivity index (χ4n) is 3.63. The van der Waals surface area contributed by atoms with Gasteiger partial charge in [0.25, 0.3) is 5.91 Å². The number of hydrogen-bond donors (Lipinski definition) is 1. The Morgan fingerprint density at radius 2 is 1.34 bits per heavy atom. The second-order valence-corrected chi connectivity index (χ2v) is 9.09. The third-order valence-electron chi connectivity index (χ3n) is 5.40. The number of carbonyl (C=O) groups excluding carboxylic acids is 2. The minimum Gasteiger partial charge on any atom is -0.322 e.